The Hall–Kier alpha value is -2.21. The van der Waals surface area contributed by atoms with Gasteiger partial charge in [0.25, 0.3) is 0 Å². The molecule has 0 aliphatic carbocycles. The molecule has 0 aliphatic rings. The monoisotopic (exact) mass is 1360 g/mol. The molecule has 14 N–H and O–H groups in total. The molecule has 0 saturated heterocycles. The number of carbonyl (C=O) groups is 6. The first kappa shape index (κ1) is 108. The Kier molecular flexibility index (Phi) is 78.5. The van der Waals surface area contributed by atoms with E-state index in [2.05, 4.69) is 108 Å². The average Bonchev–Trinajstić information content (AvgIpc) is 3.34. The van der Waals surface area contributed by atoms with E-state index in [0.29, 0.717) is 63.5 Å². The van der Waals surface area contributed by atoms with Crippen LogP contribution in [-0.2, 0) is 47.7 Å². The number of halogens is 2. The minimum absolute atomic E-state index is 0. The maximum atomic E-state index is 11.7. The number of carbonyl (C=O) groups excluding carboxylic acids is 6. The molecule has 0 heterocycles. The summed E-state index contributed by atoms with van der Waals surface area (Å²) >= 11 is 9.39. The molecule has 0 saturated carbocycles. The van der Waals surface area contributed by atoms with Gasteiger partial charge in [-0.05, 0) is 110 Å². The van der Waals surface area contributed by atoms with Crippen LogP contribution in [0.15, 0.2) is 25.6 Å². The number of hydrogen-bond acceptors (Lipinski definition) is 22. The van der Waals surface area contributed by atoms with Gasteiger partial charge in [-0.25, -0.2) is 4.84 Å². The Labute approximate surface area is 575 Å². The van der Waals surface area contributed by atoms with Crippen LogP contribution in [0.2, 0.25) is 0 Å². The molecule has 0 aromatic carbocycles. The van der Waals surface area contributed by atoms with Crippen molar-refractivity contribution in [3.63, 3.8) is 0 Å². The molecule has 2 amide bonds. The quantitative estimate of drug-likeness (QED) is 0.00796. The van der Waals surface area contributed by atoms with E-state index in [1.165, 1.54) is 33.9 Å². The van der Waals surface area contributed by atoms with Crippen molar-refractivity contribution in [2.24, 2.45) is 39.7 Å². The van der Waals surface area contributed by atoms with E-state index in [0.717, 1.165) is 26.2 Å². The molecule has 0 aromatic rings. The number of hydrogen-bond donors (Lipinski definition) is 13. The number of nitrogens with two attached hydrogens (primary N) is 1. The maximum Gasteiger partial charge on any atom is 1.00 e. The van der Waals surface area contributed by atoms with Crippen molar-refractivity contribution in [2.45, 2.75) is 282 Å². The topological polar surface area (TPSA) is 393 Å². The second kappa shape index (κ2) is 64.5. The van der Waals surface area contributed by atoms with Crippen LogP contribution in [-0.4, -0.2) is 176 Å². The van der Waals surface area contributed by atoms with Crippen molar-refractivity contribution < 1.29 is 124 Å². The van der Waals surface area contributed by atoms with Crippen molar-refractivity contribution in [3.05, 3.63) is 25.6 Å². The standard InChI is InChI=1S/C22H39NO7.C15H32ClNO3.C15H33NO3.C4H6O2.C3H5NO.C2H6OS.CH4O.ClH.Na.H2O/c1-14(2)21(30-17(5)27)11-20(29-16(4)26)10-19(28-15(3)25)9-18(23-13-24)12-22(6,7)8;1-10(2)14(20)8-13(19)7-12(18)6-11(17-16)9-15(3,4)5;1-10(2)14(19)8-13(18)7-12(17)6-11(16)9-15(3,4)5;1-3-6-4(2)5;1-2-4-3-5;3-1-2-4;1-2;;;/h13-14,18-21H,9-12H2,1-8H3,(H,23,24);10-14,17-20H,6-9H2,1-5H3;10-14,17-19H,6-9,16H2,1-5H3;3H,1H2,2H3;2-3H,1H2,(H,4,5);3-4H,1-2H2;2H,1H3;1H;;1H2/q;;;;;;;;+1;/p-1. The fourth-order valence-corrected chi connectivity index (χ4v) is 8.34. The fraction of sp³-hybridized carbons (Fsp3) is 0.839. The van der Waals surface area contributed by atoms with Gasteiger partial charge in [0.15, 0.2) is 0 Å². The Morgan fingerprint density at radius 2 is 0.921 bits per heavy atom. The summed E-state index contributed by atoms with van der Waals surface area (Å²) < 4.78 is 20.5. The van der Waals surface area contributed by atoms with E-state index in [1.807, 2.05) is 41.5 Å². The van der Waals surface area contributed by atoms with Crippen LogP contribution < -0.4 is 50.8 Å². The molecule has 23 nitrogen and oxygen atoms in total. The predicted molar refractivity (Wildman–Crippen MR) is 354 cm³/mol. The summed E-state index contributed by atoms with van der Waals surface area (Å²) in [5.41, 5.74) is 6.22. The average molecular weight is 1360 g/mol. The van der Waals surface area contributed by atoms with E-state index < -0.39 is 72.8 Å². The SMILES string of the molecule is C=CNC=O.C=COC(C)=O.CC(=O)OC(CC(CC(C)(C)C)NC=O)CC(CC(OC(C)=O)C(C)C)OC(C)=O.CC(C)C(O)CC(O)CC(O)CC(CC(C)(C)C)NCl.CC(C)C(O)CC(O)CC(O)CC(N)CC(C)(C)C.CO.Cl.OCCS.[Na+].[OH-]. The molecule has 12 atom stereocenters. The van der Waals surface area contributed by atoms with Gasteiger partial charge in [0.05, 0.1) is 49.5 Å². The molecular formula is C62H127Cl2N4NaO19S. The van der Waals surface area contributed by atoms with E-state index >= 15 is 0 Å². The molecule has 0 fully saturated rings. The van der Waals surface area contributed by atoms with Crippen LogP contribution in [0.5, 0.6) is 0 Å². The summed E-state index contributed by atoms with van der Waals surface area (Å²) in [7, 11) is 1.00. The Balaban J connectivity index is -0.000000116. The summed E-state index contributed by atoms with van der Waals surface area (Å²) in [5.74, 6) is -0.844. The third kappa shape index (κ3) is 85.8. The molecule has 27 heteroatoms. The van der Waals surface area contributed by atoms with Gasteiger partial charge in [0.1, 0.15) is 18.3 Å². The number of rotatable bonds is 34. The van der Waals surface area contributed by atoms with Crippen LogP contribution in [0.1, 0.15) is 209 Å². The first-order valence-electron chi connectivity index (χ1n) is 29.6. The second-order valence-electron chi connectivity index (χ2n) is 25.8. The number of amides is 2. The molecule has 0 bridgehead atoms. The van der Waals surface area contributed by atoms with Gasteiger partial charge >= 0.3 is 53.4 Å². The van der Waals surface area contributed by atoms with Crippen molar-refractivity contribution >= 4 is 73.5 Å². The van der Waals surface area contributed by atoms with Crippen LogP contribution >= 0.6 is 36.8 Å². The zero-order valence-electron chi connectivity index (χ0n) is 58.2. The number of aliphatic hydroxyl groups is 8. The summed E-state index contributed by atoms with van der Waals surface area (Å²) in [6, 6.07) is -0.259. The zero-order valence-corrected chi connectivity index (χ0v) is 62.7. The van der Waals surface area contributed by atoms with E-state index in [9.17, 15) is 59.4 Å². The van der Waals surface area contributed by atoms with Gasteiger partial charge in [-0.3, -0.25) is 28.8 Å². The third-order valence-corrected chi connectivity index (χ3v) is 12.2. The number of nitrogens with one attached hydrogen (secondary N) is 3. The number of ether oxygens (including phenoxy) is 4. The largest absolute Gasteiger partial charge is 1.00 e. The van der Waals surface area contributed by atoms with Crippen molar-refractivity contribution in [1.82, 2.24) is 15.5 Å². The van der Waals surface area contributed by atoms with Crippen LogP contribution in [0.3, 0.4) is 0 Å². The molecule has 0 aliphatic heterocycles. The Morgan fingerprint density at radius 3 is 1.18 bits per heavy atom. The fourth-order valence-electron chi connectivity index (χ4n) is 8.17. The van der Waals surface area contributed by atoms with E-state index in [-0.39, 0.29) is 131 Å². The molecule has 89 heavy (non-hydrogen) atoms. The second-order valence-corrected chi connectivity index (χ2v) is 26.4. The minimum atomic E-state index is -0.687. The third-order valence-electron chi connectivity index (χ3n) is 11.7. The van der Waals surface area contributed by atoms with Gasteiger partial charge in [0.2, 0.25) is 12.8 Å². The van der Waals surface area contributed by atoms with Crippen LogP contribution in [0, 0.1) is 34.0 Å². The molecular weight excluding hydrogens is 1230 g/mol. The first-order chi connectivity index (χ1) is 39.4. The maximum absolute atomic E-state index is 11.7. The van der Waals surface area contributed by atoms with Crippen molar-refractivity contribution in [2.75, 3.05) is 19.5 Å². The number of thiol groups is 1. The normalized spacial score (nSPS) is 14.8. The van der Waals surface area contributed by atoms with Crippen LogP contribution in [0.25, 0.3) is 0 Å². The summed E-state index contributed by atoms with van der Waals surface area (Å²) in [6.45, 7) is 42.2. The summed E-state index contributed by atoms with van der Waals surface area (Å²) in [6.07, 6.45) is 3.78. The predicted octanol–water partition coefficient (Wildman–Crippen LogP) is 4.60. The molecule has 530 valence electrons. The van der Waals surface area contributed by atoms with E-state index in [1.54, 1.807) is 0 Å². The summed E-state index contributed by atoms with van der Waals surface area (Å²) in [5, 5.41) is 78.8. The Bertz CT molecular complexity index is 1710. The molecule has 12 unspecified atom stereocenters. The summed E-state index contributed by atoms with van der Waals surface area (Å²) in [4.78, 5) is 67.5. The van der Waals surface area contributed by atoms with Gasteiger partial charge < -0.3 is 81.6 Å². The van der Waals surface area contributed by atoms with Gasteiger partial charge in [0, 0.05) is 77.9 Å². The number of aliphatic hydroxyl groups excluding tert-OH is 8. The Morgan fingerprint density at radius 1 is 0.562 bits per heavy atom. The van der Waals surface area contributed by atoms with Gasteiger partial charge in [-0.2, -0.15) is 12.6 Å². The molecule has 0 aromatic heterocycles. The van der Waals surface area contributed by atoms with Crippen molar-refractivity contribution in [3.8, 4) is 0 Å². The van der Waals surface area contributed by atoms with Crippen LogP contribution in [0.4, 0.5) is 0 Å². The zero-order chi connectivity index (χ0) is 69.1. The smallest absolute Gasteiger partial charge is 0.870 e. The number of esters is 4. The van der Waals surface area contributed by atoms with Crippen molar-refractivity contribution in [1.29, 1.82) is 0 Å². The first-order valence-corrected chi connectivity index (χ1v) is 30.6. The molecule has 0 radical (unpaired) electrons. The molecule has 0 spiro atoms. The molecule has 0 rings (SSSR count). The van der Waals surface area contributed by atoms with Gasteiger partial charge in [-0.1, -0.05) is 117 Å². The van der Waals surface area contributed by atoms with Gasteiger partial charge in [-0.15, -0.1) is 12.4 Å². The minimum Gasteiger partial charge on any atom is -0.870 e. The van der Waals surface area contributed by atoms with E-state index in [4.69, 9.17) is 41.9 Å².